The van der Waals surface area contributed by atoms with Gasteiger partial charge in [-0.3, -0.25) is 4.90 Å². The lowest BCUT2D eigenvalue weighted by atomic mass is 9.93. The SMILES string of the molecule is Cc1cc(C)cc(COCC2(N3CCNCC3)Cc3ccccc3C2)c1.Cl.Cl. The highest BCUT2D eigenvalue weighted by molar-refractivity contribution is 5.85. The largest absolute Gasteiger partial charge is 0.375 e. The van der Waals surface area contributed by atoms with Crippen LogP contribution in [0.4, 0.5) is 0 Å². The highest BCUT2D eigenvalue weighted by Crippen LogP contribution is 2.35. The first-order valence-corrected chi connectivity index (χ1v) is 9.82. The van der Waals surface area contributed by atoms with Crippen molar-refractivity contribution in [2.24, 2.45) is 0 Å². The Morgan fingerprint density at radius 2 is 1.50 bits per heavy atom. The van der Waals surface area contributed by atoms with E-state index in [-0.39, 0.29) is 30.4 Å². The zero-order valence-electron chi connectivity index (χ0n) is 16.9. The number of hydrogen-bond acceptors (Lipinski definition) is 3. The van der Waals surface area contributed by atoms with Crippen LogP contribution in [0, 0.1) is 13.8 Å². The Balaban J connectivity index is 0.00000140. The van der Waals surface area contributed by atoms with E-state index in [0.29, 0.717) is 6.61 Å². The summed E-state index contributed by atoms with van der Waals surface area (Å²) in [5, 5.41) is 3.49. The number of hydrogen-bond donors (Lipinski definition) is 1. The second-order valence-corrected chi connectivity index (χ2v) is 8.07. The minimum Gasteiger partial charge on any atom is -0.375 e. The second-order valence-electron chi connectivity index (χ2n) is 8.07. The van der Waals surface area contributed by atoms with E-state index in [1.54, 1.807) is 0 Å². The van der Waals surface area contributed by atoms with Crippen molar-refractivity contribution < 1.29 is 4.74 Å². The minimum absolute atomic E-state index is 0. The number of benzene rings is 2. The highest BCUT2D eigenvalue weighted by Gasteiger charge is 2.42. The molecule has 0 unspecified atom stereocenters. The van der Waals surface area contributed by atoms with E-state index in [0.717, 1.165) is 45.6 Å². The fourth-order valence-electron chi connectivity index (χ4n) is 4.74. The topological polar surface area (TPSA) is 24.5 Å². The van der Waals surface area contributed by atoms with Crippen LogP contribution < -0.4 is 5.32 Å². The average molecular weight is 423 g/mol. The summed E-state index contributed by atoms with van der Waals surface area (Å²) in [6, 6.07) is 15.6. The maximum Gasteiger partial charge on any atom is 0.0718 e. The van der Waals surface area contributed by atoms with Crippen molar-refractivity contribution in [2.75, 3.05) is 32.8 Å². The molecule has 0 radical (unpaired) electrons. The van der Waals surface area contributed by atoms with Crippen LogP contribution >= 0.6 is 24.8 Å². The summed E-state index contributed by atoms with van der Waals surface area (Å²) in [6.45, 7) is 10.2. The molecule has 2 aromatic carbocycles. The lowest BCUT2D eigenvalue weighted by molar-refractivity contribution is -0.0158. The number of nitrogens with zero attached hydrogens (tertiary/aromatic N) is 1. The molecule has 1 heterocycles. The Kier molecular flexibility index (Phi) is 8.35. The Morgan fingerprint density at radius 1 is 0.929 bits per heavy atom. The molecule has 4 rings (SSSR count). The van der Waals surface area contributed by atoms with E-state index in [4.69, 9.17) is 4.74 Å². The minimum atomic E-state index is 0. The Morgan fingerprint density at radius 3 is 2.07 bits per heavy atom. The zero-order valence-corrected chi connectivity index (χ0v) is 18.5. The van der Waals surface area contributed by atoms with Gasteiger partial charge in [0, 0.05) is 26.2 Å². The summed E-state index contributed by atoms with van der Waals surface area (Å²) in [6.07, 6.45) is 2.21. The molecule has 2 aliphatic rings. The summed E-state index contributed by atoms with van der Waals surface area (Å²) in [5.41, 5.74) is 7.03. The van der Waals surface area contributed by atoms with Gasteiger partial charge in [0.25, 0.3) is 0 Å². The third-order valence-corrected chi connectivity index (χ3v) is 5.87. The number of nitrogens with one attached hydrogen (secondary N) is 1. The van der Waals surface area contributed by atoms with E-state index in [1.807, 2.05) is 0 Å². The molecule has 0 atom stereocenters. The monoisotopic (exact) mass is 422 g/mol. The summed E-state index contributed by atoms with van der Waals surface area (Å²) in [5.74, 6) is 0. The summed E-state index contributed by atoms with van der Waals surface area (Å²) >= 11 is 0. The standard InChI is InChI=1S/C23H30N2O.2ClH/c1-18-11-19(2)13-20(12-18)16-26-17-23(25-9-7-24-8-10-25)14-21-5-3-4-6-22(21)15-23;;/h3-6,11-13,24H,7-10,14-17H2,1-2H3;2*1H. The van der Waals surface area contributed by atoms with E-state index < -0.39 is 0 Å². The average Bonchev–Trinajstić information content (AvgIpc) is 3.01. The molecule has 5 heteroatoms. The lowest BCUT2D eigenvalue weighted by Gasteiger charge is -2.43. The number of fused-ring (bicyclic) bond motifs is 1. The molecule has 0 spiro atoms. The van der Waals surface area contributed by atoms with Crippen molar-refractivity contribution in [3.8, 4) is 0 Å². The van der Waals surface area contributed by atoms with Crippen LogP contribution in [0.3, 0.4) is 0 Å². The predicted molar refractivity (Wildman–Crippen MR) is 121 cm³/mol. The van der Waals surface area contributed by atoms with Crippen molar-refractivity contribution in [3.63, 3.8) is 0 Å². The second kappa shape index (κ2) is 10.1. The third kappa shape index (κ3) is 5.08. The number of ether oxygens (including phenoxy) is 1. The molecule has 1 N–H and O–H groups in total. The van der Waals surface area contributed by atoms with Crippen molar-refractivity contribution in [2.45, 2.75) is 38.8 Å². The van der Waals surface area contributed by atoms with Gasteiger partial charge in [0.05, 0.1) is 18.8 Å². The Hall–Kier alpha value is -1.10. The maximum absolute atomic E-state index is 6.34. The maximum atomic E-state index is 6.34. The summed E-state index contributed by atoms with van der Waals surface area (Å²) in [4.78, 5) is 2.67. The Labute approximate surface area is 181 Å². The van der Waals surface area contributed by atoms with Crippen LogP contribution in [0.1, 0.15) is 27.8 Å². The molecule has 28 heavy (non-hydrogen) atoms. The van der Waals surface area contributed by atoms with Crippen LogP contribution in [0.2, 0.25) is 0 Å². The first kappa shape index (κ1) is 23.2. The smallest absolute Gasteiger partial charge is 0.0718 e. The lowest BCUT2D eigenvalue weighted by Crippen LogP contribution is -2.59. The molecule has 0 bridgehead atoms. The molecule has 2 aromatic rings. The Bertz CT molecular complexity index is 730. The van der Waals surface area contributed by atoms with Gasteiger partial charge in [0.1, 0.15) is 0 Å². The van der Waals surface area contributed by atoms with Gasteiger partial charge in [0.15, 0.2) is 0 Å². The molecule has 154 valence electrons. The molecular formula is C23H32Cl2N2O. The third-order valence-electron chi connectivity index (χ3n) is 5.87. The van der Waals surface area contributed by atoms with Crippen LogP contribution in [0.25, 0.3) is 0 Å². The van der Waals surface area contributed by atoms with Crippen LogP contribution in [-0.2, 0) is 24.2 Å². The van der Waals surface area contributed by atoms with Crippen molar-refractivity contribution in [1.82, 2.24) is 10.2 Å². The fraction of sp³-hybridized carbons (Fsp3) is 0.478. The van der Waals surface area contributed by atoms with Gasteiger partial charge in [0.2, 0.25) is 0 Å². The fourth-order valence-corrected chi connectivity index (χ4v) is 4.74. The first-order chi connectivity index (χ1) is 12.6. The van der Waals surface area contributed by atoms with Crippen molar-refractivity contribution in [3.05, 3.63) is 70.3 Å². The molecule has 1 saturated heterocycles. The number of halogens is 2. The molecule has 1 aliphatic carbocycles. The highest BCUT2D eigenvalue weighted by atomic mass is 35.5. The van der Waals surface area contributed by atoms with Gasteiger partial charge in [-0.2, -0.15) is 0 Å². The number of piperazine rings is 1. The summed E-state index contributed by atoms with van der Waals surface area (Å²) < 4.78 is 6.34. The molecule has 1 aliphatic heterocycles. The van der Waals surface area contributed by atoms with Crippen LogP contribution in [0.5, 0.6) is 0 Å². The first-order valence-electron chi connectivity index (χ1n) is 9.82. The number of aryl methyl sites for hydroxylation is 2. The van der Waals surface area contributed by atoms with Gasteiger partial charge in [-0.1, -0.05) is 53.6 Å². The zero-order chi connectivity index (χ0) is 18.0. The van der Waals surface area contributed by atoms with Gasteiger partial charge in [-0.15, -0.1) is 24.8 Å². The predicted octanol–water partition coefficient (Wildman–Crippen LogP) is 4.11. The van der Waals surface area contributed by atoms with E-state index in [9.17, 15) is 0 Å². The van der Waals surface area contributed by atoms with Crippen molar-refractivity contribution >= 4 is 24.8 Å². The molecule has 0 aromatic heterocycles. The van der Waals surface area contributed by atoms with E-state index in [1.165, 1.54) is 27.8 Å². The molecule has 1 fully saturated rings. The number of rotatable bonds is 5. The van der Waals surface area contributed by atoms with Gasteiger partial charge in [-0.05, 0) is 43.4 Å². The molecular weight excluding hydrogens is 391 g/mol. The van der Waals surface area contributed by atoms with Crippen molar-refractivity contribution in [1.29, 1.82) is 0 Å². The van der Waals surface area contributed by atoms with Crippen LogP contribution in [0.15, 0.2) is 42.5 Å². The van der Waals surface area contributed by atoms with E-state index >= 15 is 0 Å². The summed E-state index contributed by atoms with van der Waals surface area (Å²) in [7, 11) is 0. The molecule has 0 saturated carbocycles. The van der Waals surface area contributed by atoms with Crippen LogP contribution in [-0.4, -0.2) is 43.2 Å². The van der Waals surface area contributed by atoms with Gasteiger partial charge in [-0.25, -0.2) is 0 Å². The molecule has 0 amide bonds. The van der Waals surface area contributed by atoms with Gasteiger partial charge < -0.3 is 10.1 Å². The quantitative estimate of drug-likeness (QED) is 0.784. The normalized spacial score (nSPS) is 18.1. The van der Waals surface area contributed by atoms with E-state index in [2.05, 4.69) is 66.5 Å². The van der Waals surface area contributed by atoms with Gasteiger partial charge >= 0.3 is 0 Å². The molecule has 3 nitrogen and oxygen atoms in total.